The lowest BCUT2D eigenvalue weighted by Gasteiger charge is -2.19. The highest BCUT2D eigenvalue weighted by molar-refractivity contribution is 5.87. The number of halogens is 1. The summed E-state index contributed by atoms with van der Waals surface area (Å²) in [5.74, 6) is -1.39. The monoisotopic (exact) mass is 256 g/mol. The van der Waals surface area contributed by atoms with Crippen LogP contribution in [0.1, 0.15) is 17.5 Å². The van der Waals surface area contributed by atoms with Crippen molar-refractivity contribution in [2.75, 3.05) is 0 Å². The zero-order valence-corrected chi connectivity index (χ0v) is 10.2. The first-order valence-electron chi connectivity index (χ1n) is 6.15. The molecule has 0 heterocycles. The molecular formula is C16H13FO2. The van der Waals surface area contributed by atoms with Crippen molar-refractivity contribution in [2.45, 2.75) is 17.5 Å². The summed E-state index contributed by atoms with van der Waals surface area (Å²) in [6.45, 7) is 0. The zero-order chi connectivity index (χ0) is 13.5. The van der Waals surface area contributed by atoms with Crippen LogP contribution in [-0.4, -0.2) is 16.7 Å². The van der Waals surface area contributed by atoms with Gasteiger partial charge in [0, 0.05) is 6.42 Å². The molecule has 0 amide bonds. The third kappa shape index (κ3) is 1.51. The third-order valence-electron chi connectivity index (χ3n) is 3.93. The SMILES string of the molecule is O=C(O)C1(F)CC1(c1ccccc1)c1ccccc1. The van der Waals surface area contributed by atoms with Crippen molar-refractivity contribution in [1.29, 1.82) is 0 Å². The van der Waals surface area contributed by atoms with E-state index in [1.807, 2.05) is 12.1 Å². The molecule has 0 saturated heterocycles. The zero-order valence-electron chi connectivity index (χ0n) is 10.2. The minimum atomic E-state index is -2.21. The van der Waals surface area contributed by atoms with Crippen LogP contribution in [0.2, 0.25) is 0 Å². The molecule has 1 fully saturated rings. The van der Waals surface area contributed by atoms with E-state index in [-0.39, 0.29) is 6.42 Å². The molecule has 0 aromatic heterocycles. The smallest absolute Gasteiger partial charge is 0.342 e. The fourth-order valence-electron chi connectivity index (χ4n) is 2.85. The van der Waals surface area contributed by atoms with Crippen molar-refractivity contribution >= 4 is 5.97 Å². The second-order valence-corrected chi connectivity index (χ2v) is 4.92. The molecule has 0 spiro atoms. The fourth-order valence-corrected chi connectivity index (χ4v) is 2.85. The second-order valence-electron chi connectivity index (χ2n) is 4.92. The summed E-state index contributed by atoms with van der Waals surface area (Å²) >= 11 is 0. The van der Waals surface area contributed by atoms with Crippen LogP contribution in [0, 0.1) is 0 Å². The molecule has 2 aromatic carbocycles. The van der Waals surface area contributed by atoms with E-state index in [1.165, 1.54) is 0 Å². The van der Waals surface area contributed by atoms with Crippen LogP contribution in [0.25, 0.3) is 0 Å². The summed E-state index contributed by atoms with van der Waals surface area (Å²) in [5, 5.41) is 9.20. The number of aliphatic carboxylic acids is 1. The van der Waals surface area contributed by atoms with Crippen LogP contribution >= 0.6 is 0 Å². The first-order valence-corrected chi connectivity index (χ1v) is 6.15. The summed E-state index contributed by atoms with van der Waals surface area (Å²) < 4.78 is 14.7. The van der Waals surface area contributed by atoms with Gasteiger partial charge < -0.3 is 5.11 Å². The molecule has 1 atom stereocenters. The standard InChI is InChI=1S/C16H13FO2/c17-16(14(18)19)11-15(16,12-7-3-1-4-8-12)13-9-5-2-6-10-13/h1-10H,11H2,(H,18,19). The predicted octanol–water partition coefficient (Wildman–Crippen LogP) is 3.17. The summed E-state index contributed by atoms with van der Waals surface area (Å²) in [7, 11) is 0. The molecule has 3 rings (SSSR count). The number of carboxylic acids is 1. The Kier molecular flexibility index (Phi) is 2.45. The lowest BCUT2D eigenvalue weighted by molar-refractivity contribution is -0.145. The number of carboxylic acid groups (broad SMARTS) is 1. The van der Waals surface area contributed by atoms with Crippen molar-refractivity contribution in [3.8, 4) is 0 Å². The van der Waals surface area contributed by atoms with E-state index < -0.39 is 17.1 Å². The van der Waals surface area contributed by atoms with Crippen LogP contribution in [0.5, 0.6) is 0 Å². The minimum Gasteiger partial charge on any atom is -0.479 e. The maximum atomic E-state index is 14.7. The molecule has 0 radical (unpaired) electrons. The average Bonchev–Trinajstić information content (AvgIpc) is 3.10. The van der Waals surface area contributed by atoms with Gasteiger partial charge in [-0.1, -0.05) is 60.7 Å². The summed E-state index contributed by atoms with van der Waals surface area (Å²) in [6, 6.07) is 18.1. The number of hydrogen-bond donors (Lipinski definition) is 1. The summed E-state index contributed by atoms with van der Waals surface area (Å²) in [5.41, 5.74) is -1.84. The molecule has 1 aliphatic rings. The van der Waals surface area contributed by atoms with Crippen molar-refractivity contribution in [2.24, 2.45) is 0 Å². The maximum Gasteiger partial charge on any atom is 0.342 e. The maximum absolute atomic E-state index is 14.7. The molecule has 3 heteroatoms. The fraction of sp³-hybridized carbons (Fsp3) is 0.188. The number of hydrogen-bond acceptors (Lipinski definition) is 1. The Morgan fingerprint density at radius 2 is 1.37 bits per heavy atom. The Morgan fingerprint density at radius 3 is 1.68 bits per heavy atom. The van der Waals surface area contributed by atoms with Crippen LogP contribution in [0.4, 0.5) is 4.39 Å². The topological polar surface area (TPSA) is 37.3 Å². The molecule has 1 N–H and O–H groups in total. The number of carbonyl (C=O) groups is 1. The number of benzene rings is 2. The first kappa shape index (κ1) is 11.9. The van der Waals surface area contributed by atoms with Gasteiger partial charge in [-0.3, -0.25) is 0 Å². The minimum absolute atomic E-state index is 0.0106. The number of rotatable bonds is 3. The summed E-state index contributed by atoms with van der Waals surface area (Å²) in [6.07, 6.45) is -0.0106. The van der Waals surface area contributed by atoms with Gasteiger partial charge in [-0.2, -0.15) is 0 Å². The molecule has 1 unspecified atom stereocenters. The third-order valence-corrected chi connectivity index (χ3v) is 3.93. The highest BCUT2D eigenvalue weighted by atomic mass is 19.1. The predicted molar refractivity (Wildman–Crippen MR) is 69.8 cm³/mol. The largest absolute Gasteiger partial charge is 0.479 e. The van der Waals surface area contributed by atoms with Crippen LogP contribution in [0.15, 0.2) is 60.7 Å². The molecule has 1 aliphatic carbocycles. The highest BCUT2D eigenvalue weighted by Gasteiger charge is 2.75. The van der Waals surface area contributed by atoms with Crippen molar-refractivity contribution in [3.05, 3.63) is 71.8 Å². The van der Waals surface area contributed by atoms with E-state index in [0.717, 1.165) is 0 Å². The van der Waals surface area contributed by atoms with Gasteiger partial charge in [0.1, 0.15) is 0 Å². The van der Waals surface area contributed by atoms with Gasteiger partial charge in [-0.05, 0) is 11.1 Å². The summed E-state index contributed by atoms with van der Waals surface area (Å²) in [4.78, 5) is 11.3. The molecule has 19 heavy (non-hydrogen) atoms. The second kappa shape index (κ2) is 3.92. The van der Waals surface area contributed by atoms with E-state index >= 15 is 0 Å². The van der Waals surface area contributed by atoms with Gasteiger partial charge in [-0.25, -0.2) is 9.18 Å². The average molecular weight is 256 g/mol. The van der Waals surface area contributed by atoms with Crippen molar-refractivity contribution in [3.63, 3.8) is 0 Å². The Balaban J connectivity index is 2.18. The number of alkyl halides is 1. The van der Waals surface area contributed by atoms with Gasteiger partial charge in [-0.15, -0.1) is 0 Å². The quantitative estimate of drug-likeness (QED) is 0.915. The van der Waals surface area contributed by atoms with Gasteiger partial charge in [0.15, 0.2) is 0 Å². The molecule has 2 nitrogen and oxygen atoms in total. The van der Waals surface area contributed by atoms with Crippen molar-refractivity contribution in [1.82, 2.24) is 0 Å². The highest BCUT2D eigenvalue weighted by Crippen LogP contribution is 2.64. The van der Waals surface area contributed by atoms with E-state index in [1.54, 1.807) is 48.5 Å². The van der Waals surface area contributed by atoms with Gasteiger partial charge in [0.05, 0.1) is 5.41 Å². The van der Waals surface area contributed by atoms with Gasteiger partial charge >= 0.3 is 5.97 Å². The Morgan fingerprint density at radius 1 is 0.947 bits per heavy atom. The molecule has 2 aromatic rings. The Hall–Kier alpha value is -2.16. The molecular weight excluding hydrogens is 243 g/mol. The van der Waals surface area contributed by atoms with Crippen LogP contribution < -0.4 is 0 Å². The van der Waals surface area contributed by atoms with E-state index in [9.17, 15) is 14.3 Å². The van der Waals surface area contributed by atoms with Crippen LogP contribution in [0.3, 0.4) is 0 Å². The lowest BCUT2D eigenvalue weighted by atomic mass is 9.85. The van der Waals surface area contributed by atoms with E-state index in [2.05, 4.69) is 0 Å². The van der Waals surface area contributed by atoms with Gasteiger partial charge in [0.2, 0.25) is 5.67 Å². The normalized spacial score (nSPS) is 23.8. The Labute approximate surface area is 110 Å². The molecule has 0 aliphatic heterocycles. The first-order chi connectivity index (χ1) is 9.11. The van der Waals surface area contributed by atoms with E-state index in [4.69, 9.17) is 0 Å². The Bertz CT molecular complexity index is 570. The molecule has 0 bridgehead atoms. The van der Waals surface area contributed by atoms with Gasteiger partial charge in [0.25, 0.3) is 0 Å². The van der Waals surface area contributed by atoms with Crippen LogP contribution in [-0.2, 0) is 10.2 Å². The van der Waals surface area contributed by atoms with Crippen molar-refractivity contribution < 1.29 is 14.3 Å². The molecule has 96 valence electrons. The molecule has 1 saturated carbocycles. The lowest BCUT2D eigenvalue weighted by Crippen LogP contribution is -2.29. The van der Waals surface area contributed by atoms with E-state index in [0.29, 0.717) is 11.1 Å².